The number of aromatic nitrogens is 2. The van der Waals surface area contributed by atoms with Crippen molar-refractivity contribution in [1.29, 1.82) is 0 Å². The van der Waals surface area contributed by atoms with Gasteiger partial charge in [-0.15, -0.1) is 0 Å². The van der Waals surface area contributed by atoms with E-state index in [-0.39, 0.29) is 5.91 Å². The van der Waals surface area contributed by atoms with Crippen molar-refractivity contribution in [3.63, 3.8) is 0 Å². The molecule has 116 valence electrons. The SMILES string of the molecule is C[C@@H](Sc1nccn1C)C(=O)NC(=O)NCc1ccccc1. The van der Waals surface area contributed by atoms with Crippen LogP contribution in [0, 0.1) is 0 Å². The molecule has 1 aromatic carbocycles. The molecule has 1 heterocycles. The molecule has 22 heavy (non-hydrogen) atoms. The summed E-state index contributed by atoms with van der Waals surface area (Å²) in [6.45, 7) is 2.11. The summed E-state index contributed by atoms with van der Waals surface area (Å²) >= 11 is 1.30. The lowest BCUT2D eigenvalue weighted by Crippen LogP contribution is -2.42. The number of nitrogens with zero attached hydrogens (tertiary/aromatic N) is 2. The number of benzene rings is 1. The summed E-state index contributed by atoms with van der Waals surface area (Å²) in [6.07, 6.45) is 3.47. The molecule has 0 radical (unpaired) electrons. The van der Waals surface area contributed by atoms with Gasteiger partial charge in [0.15, 0.2) is 5.16 Å². The molecule has 0 fully saturated rings. The Balaban J connectivity index is 1.78. The minimum Gasteiger partial charge on any atom is -0.334 e. The van der Waals surface area contributed by atoms with E-state index in [0.29, 0.717) is 6.54 Å². The Morgan fingerprint density at radius 1 is 1.32 bits per heavy atom. The lowest BCUT2D eigenvalue weighted by molar-refractivity contribution is -0.119. The smallest absolute Gasteiger partial charge is 0.321 e. The molecular formula is C15H18N4O2S. The molecule has 6 nitrogen and oxygen atoms in total. The molecule has 2 aromatic rings. The summed E-state index contributed by atoms with van der Waals surface area (Å²) in [7, 11) is 1.85. The summed E-state index contributed by atoms with van der Waals surface area (Å²) < 4.78 is 1.82. The van der Waals surface area contributed by atoms with Crippen LogP contribution >= 0.6 is 11.8 Å². The van der Waals surface area contributed by atoms with Crippen LogP contribution in [0.2, 0.25) is 0 Å². The van der Waals surface area contributed by atoms with Crippen LogP contribution in [-0.4, -0.2) is 26.7 Å². The van der Waals surface area contributed by atoms with Gasteiger partial charge in [0, 0.05) is 26.0 Å². The summed E-state index contributed by atoms with van der Waals surface area (Å²) in [4.78, 5) is 27.8. The van der Waals surface area contributed by atoms with Crippen molar-refractivity contribution < 1.29 is 9.59 Å². The number of hydrogen-bond donors (Lipinski definition) is 2. The molecule has 2 rings (SSSR count). The maximum atomic E-state index is 12.0. The van der Waals surface area contributed by atoms with Crippen molar-refractivity contribution in [2.24, 2.45) is 7.05 Å². The zero-order chi connectivity index (χ0) is 15.9. The quantitative estimate of drug-likeness (QED) is 0.826. The number of nitrogens with one attached hydrogen (secondary N) is 2. The number of urea groups is 1. The van der Waals surface area contributed by atoms with Crippen LogP contribution in [0.15, 0.2) is 47.9 Å². The average molecular weight is 318 g/mol. The van der Waals surface area contributed by atoms with E-state index in [1.807, 2.05) is 41.9 Å². The van der Waals surface area contributed by atoms with E-state index >= 15 is 0 Å². The first kappa shape index (κ1) is 16.1. The van der Waals surface area contributed by atoms with Gasteiger partial charge in [-0.3, -0.25) is 10.1 Å². The third-order valence-corrected chi connectivity index (χ3v) is 4.13. The lowest BCUT2D eigenvalue weighted by Gasteiger charge is -2.11. The molecule has 7 heteroatoms. The monoisotopic (exact) mass is 318 g/mol. The van der Waals surface area contributed by atoms with Crippen LogP contribution in [-0.2, 0) is 18.4 Å². The highest BCUT2D eigenvalue weighted by atomic mass is 32.2. The van der Waals surface area contributed by atoms with Crippen LogP contribution < -0.4 is 10.6 Å². The average Bonchev–Trinajstić information content (AvgIpc) is 2.91. The Bertz CT molecular complexity index is 642. The van der Waals surface area contributed by atoms with Crippen LogP contribution in [0.4, 0.5) is 4.79 Å². The molecule has 0 saturated heterocycles. The van der Waals surface area contributed by atoms with Gasteiger partial charge in [0.2, 0.25) is 5.91 Å². The van der Waals surface area contributed by atoms with Gasteiger partial charge in [0.25, 0.3) is 0 Å². The van der Waals surface area contributed by atoms with Gasteiger partial charge in [-0.1, -0.05) is 42.1 Å². The van der Waals surface area contributed by atoms with Crippen molar-refractivity contribution in [2.75, 3.05) is 0 Å². The first-order chi connectivity index (χ1) is 10.6. The lowest BCUT2D eigenvalue weighted by atomic mass is 10.2. The van der Waals surface area contributed by atoms with Crippen molar-refractivity contribution in [2.45, 2.75) is 23.9 Å². The minimum atomic E-state index is -0.499. The molecule has 0 bridgehead atoms. The first-order valence-electron chi connectivity index (χ1n) is 6.83. The third kappa shape index (κ3) is 4.63. The van der Waals surface area contributed by atoms with Crippen LogP contribution in [0.1, 0.15) is 12.5 Å². The Morgan fingerprint density at radius 3 is 2.68 bits per heavy atom. The van der Waals surface area contributed by atoms with Gasteiger partial charge in [0.05, 0.1) is 5.25 Å². The Labute approximate surface area is 133 Å². The second kappa shape index (κ2) is 7.65. The van der Waals surface area contributed by atoms with E-state index in [4.69, 9.17) is 0 Å². The predicted molar refractivity (Wildman–Crippen MR) is 85.3 cm³/mol. The molecule has 1 aromatic heterocycles. The molecule has 3 amide bonds. The summed E-state index contributed by atoms with van der Waals surface area (Å²) in [6, 6.07) is 9.01. The normalized spacial score (nSPS) is 11.7. The fourth-order valence-electron chi connectivity index (χ4n) is 1.71. The van der Waals surface area contributed by atoms with E-state index in [1.54, 1.807) is 19.3 Å². The third-order valence-electron chi connectivity index (χ3n) is 2.96. The number of amides is 3. The number of carbonyl (C=O) groups is 2. The van der Waals surface area contributed by atoms with Crippen molar-refractivity contribution in [3.8, 4) is 0 Å². The molecule has 0 aliphatic rings. The van der Waals surface area contributed by atoms with Gasteiger partial charge in [-0.05, 0) is 12.5 Å². The highest BCUT2D eigenvalue weighted by Crippen LogP contribution is 2.20. The molecule has 1 atom stereocenters. The fraction of sp³-hybridized carbons (Fsp3) is 0.267. The van der Waals surface area contributed by atoms with E-state index in [9.17, 15) is 9.59 Å². The van der Waals surface area contributed by atoms with Gasteiger partial charge >= 0.3 is 6.03 Å². The Morgan fingerprint density at radius 2 is 2.05 bits per heavy atom. The molecule has 0 aliphatic heterocycles. The van der Waals surface area contributed by atoms with Crippen LogP contribution in [0.5, 0.6) is 0 Å². The van der Waals surface area contributed by atoms with Crippen LogP contribution in [0.3, 0.4) is 0 Å². The Kier molecular flexibility index (Phi) is 5.60. The Hall–Kier alpha value is -2.28. The zero-order valence-corrected chi connectivity index (χ0v) is 13.3. The fourth-order valence-corrected chi connectivity index (χ4v) is 2.54. The van der Waals surface area contributed by atoms with Gasteiger partial charge in [0.1, 0.15) is 0 Å². The highest BCUT2D eigenvalue weighted by Gasteiger charge is 2.18. The van der Waals surface area contributed by atoms with Gasteiger partial charge < -0.3 is 9.88 Å². The summed E-state index contributed by atoms with van der Waals surface area (Å²) in [5.74, 6) is -0.349. The molecule has 0 spiro atoms. The molecule has 2 N–H and O–H groups in total. The van der Waals surface area contributed by atoms with Crippen molar-refractivity contribution in [3.05, 3.63) is 48.3 Å². The second-order valence-electron chi connectivity index (χ2n) is 4.74. The molecule has 0 unspecified atom stereocenters. The van der Waals surface area contributed by atoms with Gasteiger partial charge in [-0.25, -0.2) is 9.78 Å². The second-order valence-corrected chi connectivity index (χ2v) is 6.05. The highest BCUT2D eigenvalue weighted by molar-refractivity contribution is 8.00. The van der Waals surface area contributed by atoms with Gasteiger partial charge in [-0.2, -0.15) is 0 Å². The standard InChI is InChI=1S/C15H18N4O2S/c1-11(22-15-16-8-9-19(15)2)13(20)18-14(21)17-10-12-6-4-3-5-7-12/h3-9,11H,10H2,1-2H3,(H2,17,18,20,21)/t11-/m1/s1. The molecule has 0 aliphatic carbocycles. The van der Waals surface area contributed by atoms with E-state index in [1.165, 1.54) is 11.8 Å². The van der Waals surface area contributed by atoms with Crippen molar-refractivity contribution >= 4 is 23.7 Å². The van der Waals surface area contributed by atoms with E-state index in [2.05, 4.69) is 15.6 Å². The van der Waals surface area contributed by atoms with Crippen molar-refractivity contribution in [1.82, 2.24) is 20.2 Å². The number of imide groups is 1. The number of thioether (sulfide) groups is 1. The number of aryl methyl sites for hydroxylation is 1. The summed E-state index contributed by atoms with van der Waals surface area (Å²) in [5.41, 5.74) is 0.973. The topological polar surface area (TPSA) is 76.0 Å². The maximum Gasteiger partial charge on any atom is 0.321 e. The summed E-state index contributed by atoms with van der Waals surface area (Å²) in [5, 5.41) is 5.30. The molecule has 0 saturated carbocycles. The molecular weight excluding hydrogens is 300 g/mol. The van der Waals surface area contributed by atoms with Crippen LogP contribution in [0.25, 0.3) is 0 Å². The number of carbonyl (C=O) groups excluding carboxylic acids is 2. The maximum absolute atomic E-state index is 12.0. The van der Waals surface area contributed by atoms with E-state index in [0.717, 1.165) is 10.7 Å². The number of hydrogen-bond acceptors (Lipinski definition) is 4. The number of rotatable bonds is 5. The zero-order valence-electron chi connectivity index (χ0n) is 12.4. The van der Waals surface area contributed by atoms with E-state index < -0.39 is 11.3 Å². The minimum absolute atomic E-state index is 0.349. The predicted octanol–water partition coefficient (Wildman–Crippen LogP) is 1.93. The largest absolute Gasteiger partial charge is 0.334 e. The number of imidazole rings is 1. The first-order valence-corrected chi connectivity index (χ1v) is 7.71.